The van der Waals surface area contributed by atoms with Crippen LogP contribution >= 0.6 is 0 Å². The molecule has 1 saturated heterocycles. The number of nitrogens with one attached hydrogen (secondary N) is 1. The molecule has 230 valence electrons. The number of carbonyl (C=O) groups is 3. The van der Waals surface area contributed by atoms with Crippen LogP contribution in [0.15, 0.2) is 11.6 Å². The lowest BCUT2D eigenvalue weighted by molar-refractivity contribution is -0.214. The summed E-state index contributed by atoms with van der Waals surface area (Å²) >= 11 is 0. The number of nitrogens with zero attached hydrogens (tertiary/aromatic N) is 1. The Morgan fingerprint density at radius 3 is 2.36 bits per heavy atom. The first kappa shape index (κ1) is 29.9. The number of alkyl carbamates (subject to hydrolysis) is 1. The summed E-state index contributed by atoms with van der Waals surface area (Å²) < 4.78 is 11.2. The molecule has 0 radical (unpaired) electrons. The van der Waals surface area contributed by atoms with Crippen LogP contribution in [0.1, 0.15) is 106 Å². The molecule has 6 aliphatic rings. The molecule has 1 heterocycles. The molecule has 9 atom stereocenters. The van der Waals surface area contributed by atoms with Crippen molar-refractivity contribution >= 4 is 17.7 Å². The largest absolute Gasteiger partial charge is 0.444 e. The van der Waals surface area contributed by atoms with Gasteiger partial charge in [-0.15, -0.1) is 0 Å². The molecule has 7 nitrogen and oxygen atoms in total. The van der Waals surface area contributed by atoms with E-state index in [1.54, 1.807) is 0 Å². The van der Waals surface area contributed by atoms with E-state index in [0.717, 1.165) is 51.4 Å². The quantitative estimate of drug-likeness (QED) is 0.398. The van der Waals surface area contributed by atoms with Crippen LogP contribution in [0.5, 0.6) is 0 Å². The Morgan fingerprint density at radius 2 is 1.69 bits per heavy atom. The minimum Gasteiger partial charge on any atom is -0.444 e. The van der Waals surface area contributed by atoms with Gasteiger partial charge in [-0.25, -0.2) is 4.79 Å². The SMILES string of the molecule is CC1(C)CCC2(NC(=O)OC3CCOC3)CCC3(C)C(C(=O)CC4C5(C)C=C(C#N)C(=O)C(C)(C)C5CCC43C)C2C1. The fourth-order valence-corrected chi connectivity index (χ4v) is 11.5. The third-order valence-corrected chi connectivity index (χ3v) is 14.0. The molecule has 7 heteroatoms. The summed E-state index contributed by atoms with van der Waals surface area (Å²) in [6, 6.07) is 2.21. The number of carbonyl (C=O) groups excluding carboxylic acids is 3. The summed E-state index contributed by atoms with van der Waals surface area (Å²) in [5.41, 5.74) is -1.56. The zero-order valence-electron chi connectivity index (χ0n) is 26.7. The van der Waals surface area contributed by atoms with Crippen molar-refractivity contribution < 1.29 is 23.9 Å². The van der Waals surface area contributed by atoms with Gasteiger partial charge < -0.3 is 14.8 Å². The summed E-state index contributed by atoms with van der Waals surface area (Å²) in [5, 5.41) is 13.3. The average molecular weight is 579 g/mol. The molecule has 0 spiro atoms. The van der Waals surface area contributed by atoms with Crippen LogP contribution in [0.3, 0.4) is 0 Å². The van der Waals surface area contributed by atoms with Gasteiger partial charge in [0.1, 0.15) is 18.0 Å². The number of nitriles is 1. The number of ether oxygens (including phenoxy) is 2. The third kappa shape index (κ3) is 4.02. The van der Waals surface area contributed by atoms with Crippen molar-refractivity contribution in [1.29, 1.82) is 5.26 Å². The first-order valence-electron chi connectivity index (χ1n) is 16.3. The molecule has 1 aliphatic heterocycles. The van der Waals surface area contributed by atoms with E-state index >= 15 is 0 Å². The molecule has 0 bridgehead atoms. The number of fused-ring (bicyclic) bond motifs is 7. The molecule has 42 heavy (non-hydrogen) atoms. The molecule has 0 aromatic carbocycles. The van der Waals surface area contributed by atoms with E-state index in [2.05, 4.69) is 46.0 Å². The van der Waals surface area contributed by atoms with Crippen molar-refractivity contribution in [2.24, 2.45) is 50.7 Å². The van der Waals surface area contributed by atoms with E-state index < -0.39 is 16.4 Å². The van der Waals surface area contributed by atoms with Crippen molar-refractivity contribution in [1.82, 2.24) is 5.32 Å². The molecule has 5 fully saturated rings. The van der Waals surface area contributed by atoms with Crippen molar-refractivity contribution in [3.8, 4) is 6.07 Å². The third-order valence-electron chi connectivity index (χ3n) is 14.0. The van der Waals surface area contributed by atoms with E-state index in [9.17, 15) is 19.6 Å². The lowest BCUT2D eigenvalue weighted by Crippen LogP contribution is -2.72. The highest BCUT2D eigenvalue weighted by molar-refractivity contribution is 6.04. The van der Waals surface area contributed by atoms with Gasteiger partial charge in [0.15, 0.2) is 5.78 Å². The number of amides is 1. The second-order valence-corrected chi connectivity index (χ2v) is 16.9. The van der Waals surface area contributed by atoms with E-state index in [1.165, 1.54) is 0 Å². The molecule has 0 aromatic heterocycles. The molecule has 9 unspecified atom stereocenters. The van der Waals surface area contributed by atoms with Crippen LogP contribution in [0.25, 0.3) is 0 Å². The Kier molecular flexibility index (Phi) is 6.68. The van der Waals surface area contributed by atoms with Crippen molar-refractivity contribution in [2.45, 2.75) is 118 Å². The molecule has 6 rings (SSSR count). The number of rotatable bonds is 2. The summed E-state index contributed by atoms with van der Waals surface area (Å²) in [7, 11) is 0. The van der Waals surface area contributed by atoms with E-state index in [0.29, 0.717) is 25.4 Å². The normalized spacial score (nSPS) is 47.1. The van der Waals surface area contributed by atoms with Gasteiger partial charge in [0.05, 0.1) is 18.8 Å². The van der Waals surface area contributed by atoms with Crippen molar-refractivity contribution in [3.63, 3.8) is 0 Å². The average Bonchev–Trinajstić information content (AvgIpc) is 3.41. The maximum Gasteiger partial charge on any atom is 0.407 e. The maximum atomic E-state index is 14.7. The Morgan fingerprint density at radius 1 is 0.976 bits per heavy atom. The number of hydrogen-bond acceptors (Lipinski definition) is 6. The number of hydrogen-bond donors (Lipinski definition) is 1. The fraction of sp³-hybridized carbons (Fsp3) is 0.829. The predicted molar refractivity (Wildman–Crippen MR) is 158 cm³/mol. The van der Waals surface area contributed by atoms with E-state index in [1.807, 2.05) is 19.9 Å². The first-order valence-corrected chi connectivity index (χ1v) is 16.3. The van der Waals surface area contributed by atoms with Gasteiger partial charge in [-0.3, -0.25) is 9.59 Å². The maximum absolute atomic E-state index is 14.7. The molecule has 0 aromatic rings. The molecular formula is C35H50N2O5. The topological polar surface area (TPSA) is 105 Å². The van der Waals surface area contributed by atoms with E-state index in [-0.39, 0.29) is 63.5 Å². The molecule has 1 amide bonds. The van der Waals surface area contributed by atoms with Gasteiger partial charge in [-0.2, -0.15) is 5.26 Å². The summed E-state index contributed by atoms with van der Waals surface area (Å²) in [6.45, 7) is 16.7. The molecule has 5 aliphatic carbocycles. The fourth-order valence-electron chi connectivity index (χ4n) is 11.5. The number of Topliss-reactive ketones (excluding diaryl/α,β-unsaturated/α-hetero) is 2. The standard InChI is InChI=1S/C35H50N2O5/c1-30(2)11-13-35(37-29(40)42-22-9-15-41-20-22)14-12-34(7)27(23(35)18-30)24(38)16-26-32(5)17-21(19-36)28(39)31(3,4)25(32)8-10-33(26,34)6/h17,22-23,25-27H,8-16,18,20H2,1-7H3,(H,37,40). The Bertz CT molecular complexity index is 1270. The minimum atomic E-state index is -0.638. The first-order chi connectivity index (χ1) is 19.5. The smallest absolute Gasteiger partial charge is 0.407 e. The summed E-state index contributed by atoms with van der Waals surface area (Å²) in [5.74, 6) is 0.272. The molecule has 1 N–H and O–H groups in total. The Balaban J connectivity index is 1.39. The van der Waals surface area contributed by atoms with Gasteiger partial charge in [0.25, 0.3) is 0 Å². The molecular weight excluding hydrogens is 528 g/mol. The molecule has 4 saturated carbocycles. The van der Waals surface area contributed by atoms with E-state index in [4.69, 9.17) is 9.47 Å². The number of ketones is 2. The van der Waals surface area contributed by atoms with Gasteiger partial charge in [0.2, 0.25) is 0 Å². The van der Waals surface area contributed by atoms with Crippen LogP contribution in [0, 0.1) is 62.1 Å². The van der Waals surface area contributed by atoms with Gasteiger partial charge in [-0.05, 0) is 84.4 Å². The summed E-state index contributed by atoms with van der Waals surface area (Å²) in [6.07, 6.45) is 8.87. The van der Waals surface area contributed by atoms with Crippen LogP contribution in [0.4, 0.5) is 4.79 Å². The lowest BCUT2D eigenvalue weighted by Gasteiger charge is -2.72. The zero-order chi connectivity index (χ0) is 30.5. The Hall–Kier alpha value is -2.20. The van der Waals surface area contributed by atoms with Crippen molar-refractivity contribution in [2.75, 3.05) is 13.2 Å². The van der Waals surface area contributed by atoms with Crippen LogP contribution < -0.4 is 5.32 Å². The zero-order valence-corrected chi connectivity index (χ0v) is 26.7. The lowest BCUT2D eigenvalue weighted by atomic mass is 9.32. The highest BCUT2D eigenvalue weighted by Gasteiger charge is 2.72. The monoisotopic (exact) mass is 578 g/mol. The second kappa shape index (κ2) is 9.40. The summed E-state index contributed by atoms with van der Waals surface area (Å²) in [4.78, 5) is 41.3. The predicted octanol–water partition coefficient (Wildman–Crippen LogP) is 6.55. The number of allylic oxidation sites excluding steroid dienone is 2. The van der Waals surface area contributed by atoms with Gasteiger partial charge in [0, 0.05) is 29.7 Å². The van der Waals surface area contributed by atoms with Gasteiger partial charge >= 0.3 is 6.09 Å². The minimum absolute atomic E-state index is 0.0396. The highest BCUT2D eigenvalue weighted by Crippen LogP contribution is 2.74. The second-order valence-electron chi connectivity index (χ2n) is 16.9. The van der Waals surface area contributed by atoms with Crippen molar-refractivity contribution in [3.05, 3.63) is 11.6 Å². The van der Waals surface area contributed by atoms with Crippen LogP contribution in [0.2, 0.25) is 0 Å². The Labute approximate surface area is 251 Å². The van der Waals surface area contributed by atoms with Crippen LogP contribution in [-0.2, 0) is 19.1 Å². The van der Waals surface area contributed by atoms with Gasteiger partial charge in [-0.1, -0.05) is 54.5 Å². The van der Waals surface area contributed by atoms with Crippen LogP contribution in [-0.4, -0.2) is 42.5 Å². The highest BCUT2D eigenvalue weighted by atomic mass is 16.6.